The Bertz CT molecular complexity index is 646. The van der Waals surface area contributed by atoms with Crippen molar-refractivity contribution < 1.29 is 9.50 Å². The van der Waals surface area contributed by atoms with E-state index in [4.69, 9.17) is 0 Å². The lowest BCUT2D eigenvalue weighted by molar-refractivity contribution is 0.169. The Hall–Kier alpha value is -1.39. The minimum atomic E-state index is -0.500. The fourth-order valence-electron chi connectivity index (χ4n) is 2.81. The second kappa shape index (κ2) is 6.16. The number of hydrogen-bond donors (Lipinski definition) is 1. The number of anilines is 1. The molecular formula is C17H17BrFNO. The molecule has 1 aliphatic heterocycles. The lowest BCUT2D eigenvalue weighted by atomic mass is 10.1. The van der Waals surface area contributed by atoms with Gasteiger partial charge >= 0.3 is 0 Å². The number of hydrogen-bond acceptors (Lipinski definition) is 2. The Labute approximate surface area is 132 Å². The highest BCUT2D eigenvalue weighted by molar-refractivity contribution is 9.10. The molecule has 0 radical (unpaired) electrons. The van der Waals surface area contributed by atoms with Gasteiger partial charge in [-0.25, -0.2) is 4.39 Å². The minimum absolute atomic E-state index is 0.201. The third kappa shape index (κ3) is 3.27. The normalized spacial score (nSPS) is 15.1. The molecule has 4 heteroatoms. The lowest BCUT2D eigenvalue weighted by Gasteiger charge is -2.21. The van der Waals surface area contributed by atoms with Gasteiger partial charge in [0.15, 0.2) is 0 Å². The maximum atomic E-state index is 13.4. The summed E-state index contributed by atoms with van der Waals surface area (Å²) in [4.78, 5) is 2.15. The molecule has 3 rings (SSSR count). The van der Waals surface area contributed by atoms with Gasteiger partial charge in [0.05, 0.1) is 6.10 Å². The van der Waals surface area contributed by atoms with Gasteiger partial charge in [-0.3, -0.25) is 0 Å². The van der Waals surface area contributed by atoms with Crippen LogP contribution in [0.3, 0.4) is 0 Å². The van der Waals surface area contributed by atoms with E-state index in [1.165, 1.54) is 11.6 Å². The lowest BCUT2D eigenvalue weighted by Crippen LogP contribution is -2.23. The molecule has 1 atom stereocenters. The van der Waals surface area contributed by atoms with Crippen molar-refractivity contribution in [3.05, 3.63) is 63.9 Å². The minimum Gasteiger partial charge on any atom is -0.388 e. The van der Waals surface area contributed by atoms with Crippen LogP contribution in [0.25, 0.3) is 0 Å². The Kier molecular flexibility index (Phi) is 4.27. The molecule has 0 amide bonds. The SMILES string of the molecule is OC(CCN1CCc2ccc(F)cc21)c1cccc(Br)c1. The average Bonchev–Trinajstić information content (AvgIpc) is 2.87. The first-order chi connectivity index (χ1) is 10.1. The first-order valence-corrected chi connectivity index (χ1v) is 7.90. The third-order valence-electron chi connectivity index (χ3n) is 3.94. The van der Waals surface area contributed by atoms with Crippen LogP contribution in [0.1, 0.15) is 23.7 Å². The summed E-state index contributed by atoms with van der Waals surface area (Å²) in [6.07, 6.45) is 1.08. The molecule has 0 aliphatic carbocycles. The molecular weight excluding hydrogens is 333 g/mol. The van der Waals surface area contributed by atoms with Gasteiger partial charge in [0, 0.05) is 23.2 Å². The van der Waals surface area contributed by atoms with Crippen LogP contribution in [0.4, 0.5) is 10.1 Å². The van der Waals surface area contributed by atoms with Crippen LogP contribution in [-0.2, 0) is 6.42 Å². The van der Waals surface area contributed by atoms with Gasteiger partial charge in [-0.05, 0) is 48.2 Å². The number of halogens is 2. The van der Waals surface area contributed by atoms with Crippen molar-refractivity contribution in [3.8, 4) is 0 Å². The summed E-state index contributed by atoms with van der Waals surface area (Å²) < 4.78 is 14.3. The van der Waals surface area contributed by atoms with E-state index in [2.05, 4.69) is 20.8 Å². The van der Waals surface area contributed by atoms with Crippen molar-refractivity contribution in [1.82, 2.24) is 0 Å². The molecule has 0 saturated heterocycles. The predicted octanol–water partition coefficient (Wildman–Crippen LogP) is 4.07. The molecule has 0 aromatic heterocycles. The largest absolute Gasteiger partial charge is 0.388 e. The van der Waals surface area contributed by atoms with Gasteiger partial charge in [-0.2, -0.15) is 0 Å². The van der Waals surface area contributed by atoms with Crippen LogP contribution in [0.2, 0.25) is 0 Å². The molecule has 21 heavy (non-hydrogen) atoms. The molecule has 0 saturated carbocycles. The number of fused-ring (bicyclic) bond motifs is 1. The number of aliphatic hydroxyl groups excluding tert-OH is 1. The summed E-state index contributed by atoms with van der Waals surface area (Å²) in [7, 11) is 0. The van der Waals surface area contributed by atoms with Crippen molar-refractivity contribution in [1.29, 1.82) is 0 Å². The van der Waals surface area contributed by atoms with E-state index in [0.29, 0.717) is 6.42 Å². The van der Waals surface area contributed by atoms with E-state index in [1.54, 1.807) is 6.07 Å². The Morgan fingerprint density at radius 1 is 1.24 bits per heavy atom. The molecule has 1 aliphatic rings. The second-order valence-corrected chi connectivity index (χ2v) is 6.29. The first-order valence-electron chi connectivity index (χ1n) is 7.10. The Balaban J connectivity index is 1.66. The summed E-state index contributed by atoms with van der Waals surface area (Å²) in [5, 5.41) is 10.3. The van der Waals surface area contributed by atoms with Crippen molar-refractivity contribution in [2.75, 3.05) is 18.0 Å². The molecule has 0 bridgehead atoms. The molecule has 110 valence electrons. The average molecular weight is 350 g/mol. The van der Waals surface area contributed by atoms with Crippen molar-refractivity contribution in [3.63, 3.8) is 0 Å². The molecule has 1 unspecified atom stereocenters. The first kappa shape index (κ1) is 14.5. The van der Waals surface area contributed by atoms with Crippen molar-refractivity contribution in [2.24, 2.45) is 0 Å². The van der Waals surface area contributed by atoms with Crippen molar-refractivity contribution >= 4 is 21.6 Å². The van der Waals surface area contributed by atoms with Gasteiger partial charge < -0.3 is 10.0 Å². The number of rotatable bonds is 4. The molecule has 0 fully saturated rings. The Morgan fingerprint density at radius 3 is 2.90 bits per heavy atom. The van der Waals surface area contributed by atoms with Crippen LogP contribution in [-0.4, -0.2) is 18.2 Å². The van der Waals surface area contributed by atoms with E-state index in [1.807, 2.05) is 30.3 Å². The van der Waals surface area contributed by atoms with Crippen LogP contribution in [0, 0.1) is 5.82 Å². The smallest absolute Gasteiger partial charge is 0.125 e. The molecule has 1 N–H and O–H groups in total. The highest BCUT2D eigenvalue weighted by Gasteiger charge is 2.20. The molecule has 2 aromatic carbocycles. The van der Waals surface area contributed by atoms with E-state index >= 15 is 0 Å². The fraction of sp³-hybridized carbons (Fsp3) is 0.294. The van der Waals surface area contributed by atoms with Crippen LogP contribution in [0.15, 0.2) is 46.9 Å². The predicted molar refractivity (Wildman–Crippen MR) is 86.0 cm³/mol. The number of benzene rings is 2. The van der Waals surface area contributed by atoms with E-state index < -0.39 is 6.10 Å². The molecule has 2 nitrogen and oxygen atoms in total. The zero-order valence-electron chi connectivity index (χ0n) is 11.6. The van der Waals surface area contributed by atoms with Gasteiger partial charge in [0.1, 0.15) is 5.82 Å². The van der Waals surface area contributed by atoms with E-state index in [0.717, 1.165) is 35.2 Å². The summed E-state index contributed by atoms with van der Waals surface area (Å²) >= 11 is 3.41. The number of nitrogens with zero attached hydrogens (tertiary/aromatic N) is 1. The quantitative estimate of drug-likeness (QED) is 0.899. The standard InChI is InChI=1S/C17H17BrFNO/c18-14-3-1-2-13(10-14)17(21)7-9-20-8-6-12-4-5-15(19)11-16(12)20/h1-5,10-11,17,21H,6-9H2. The Morgan fingerprint density at radius 2 is 2.10 bits per heavy atom. The molecule has 0 spiro atoms. The zero-order valence-corrected chi connectivity index (χ0v) is 13.2. The fourth-order valence-corrected chi connectivity index (χ4v) is 3.23. The highest BCUT2D eigenvalue weighted by atomic mass is 79.9. The second-order valence-electron chi connectivity index (χ2n) is 5.37. The third-order valence-corrected chi connectivity index (χ3v) is 4.44. The summed E-state index contributed by atoms with van der Waals surface area (Å²) in [6, 6.07) is 12.7. The van der Waals surface area contributed by atoms with Crippen LogP contribution < -0.4 is 4.90 Å². The van der Waals surface area contributed by atoms with Crippen LogP contribution >= 0.6 is 15.9 Å². The van der Waals surface area contributed by atoms with Crippen LogP contribution in [0.5, 0.6) is 0 Å². The summed E-state index contributed by atoms with van der Waals surface area (Å²) in [6.45, 7) is 1.62. The highest BCUT2D eigenvalue weighted by Crippen LogP contribution is 2.30. The maximum absolute atomic E-state index is 13.4. The summed E-state index contributed by atoms with van der Waals surface area (Å²) in [5.74, 6) is -0.201. The maximum Gasteiger partial charge on any atom is 0.125 e. The van der Waals surface area contributed by atoms with Gasteiger partial charge in [0.25, 0.3) is 0 Å². The van der Waals surface area contributed by atoms with E-state index in [-0.39, 0.29) is 5.82 Å². The monoisotopic (exact) mass is 349 g/mol. The molecule has 2 aromatic rings. The van der Waals surface area contributed by atoms with Crippen molar-refractivity contribution in [2.45, 2.75) is 18.9 Å². The van der Waals surface area contributed by atoms with Gasteiger partial charge in [-0.15, -0.1) is 0 Å². The number of aliphatic hydroxyl groups is 1. The molecule has 1 heterocycles. The topological polar surface area (TPSA) is 23.5 Å². The van der Waals surface area contributed by atoms with Gasteiger partial charge in [-0.1, -0.05) is 34.1 Å². The van der Waals surface area contributed by atoms with Gasteiger partial charge in [0.2, 0.25) is 0 Å². The van der Waals surface area contributed by atoms with E-state index in [9.17, 15) is 9.50 Å². The summed E-state index contributed by atoms with van der Waals surface area (Å²) in [5.41, 5.74) is 3.06. The zero-order chi connectivity index (χ0) is 14.8.